The molecular formula is C13H18ClN3O2. The predicted octanol–water partition coefficient (Wildman–Crippen LogP) is 1.11. The zero-order valence-corrected chi connectivity index (χ0v) is 11.5. The Bertz CT molecular complexity index is 448. The molecule has 0 radical (unpaired) electrons. The predicted molar refractivity (Wildman–Crippen MR) is 74.4 cm³/mol. The lowest BCUT2D eigenvalue weighted by Gasteiger charge is -2.19. The first-order valence-corrected chi connectivity index (χ1v) is 6.41. The number of hydrogen-bond acceptors (Lipinski definition) is 3. The molecule has 0 saturated heterocycles. The molecule has 2 amide bonds. The van der Waals surface area contributed by atoms with E-state index in [2.05, 4.69) is 5.32 Å². The number of halogens is 1. The normalized spacial score (nSPS) is 13.6. The molecule has 1 rings (SSSR count). The fourth-order valence-corrected chi connectivity index (χ4v) is 1.83. The van der Waals surface area contributed by atoms with Crippen molar-refractivity contribution in [1.29, 1.82) is 0 Å². The summed E-state index contributed by atoms with van der Waals surface area (Å²) in [5.41, 5.74) is 11.5. The highest BCUT2D eigenvalue weighted by molar-refractivity contribution is 6.30. The zero-order chi connectivity index (χ0) is 14.4. The highest BCUT2D eigenvalue weighted by Crippen LogP contribution is 2.19. The summed E-state index contributed by atoms with van der Waals surface area (Å²) < 4.78 is 0. The Hall–Kier alpha value is -1.59. The molecule has 2 unspecified atom stereocenters. The number of carbonyl (C=O) groups excluding carboxylic acids is 2. The van der Waals surface area contributed by atoms with E-state index in [0.717, 1.165) is 5.56 Å². The van der Waals surface area contributed by atoms with E-state index in [-0.39, 0.29) is 18.4 Å². The van der Waals surface area contributed by atoms with Crippen molar-refractivity contribution in [2.75, 3.05) is 0 Å². The van der Waals surface area contributed by atoms with Crippen LogP contribution in [0, 0.1) is 0 Å². The Morgan fingerprint density at radius 1 is 1.32 bits per heavy atom. The monoisotopic (exact) mass is 283 g/mol. The van der Waals surface area contributed by atoms with Crippen LogP contribution in [0.2, 0.25) is 5.02 Å². The Morgan fingerprint density at radius 3 is 2.37 bits per heavy atom. The first kappa shape index (κ1) is 15.5. The molecule has 5 nitrogen and oxygen atoms in total. The number of hydrogen-bond donors (Lipinski definition) is 3. The number of nitrogens with two attached hydrogens (primary N) is 2. The third-order valence-electron chi connectivity index (χ3n) is 2.75. The van der Waals surface area contributed by atoms with Gasteiger partial charge < -0.3 is 16.8 Å². The van der Waals surface area contributed by atoms with Crippen molar-refractivity contribution in [3.05, 3.63) is 34.9 Å². The summed E-state index contributed by atoms with van der Waals surface area (Å²) in [5, 5.41) is 3.43. The Labute approximate surface area is 117 Å². The molecule has 0 fully saturated rings. The van der Waals surface area contributed by atoms with Crippen molar-refractivity contribution in [2.45, 2.75) is 31.8 Å². The van der Waals surface area contributed by atoms with Gasteiger partial charge in [0.2, 0.25) is 11.8 Å². The highest BCUT2D eigenvalue weighted by atomic mass is 35.5. The Morgan fingerprint density at radius 2 is 1.89 bits per heavy atom. The molecular weight excluding hydrogens is 266 g/mol. The molecule has 0 aliphatic carbocycles. The van der Waals surface area contributed by atoms with Crippen molar-refractivity contribution < 1.29 is 9.59 Å². The average molecular weight is 284 g/mol. The lowest BCUT2D eigenvalue weighted by Crippen LogP contribution is -2.44. The molecule has 1 aromatic rings. The fraction of sp³-hybridized carbons (Fsp3) is 0.385. The molecule has 0 aromatic heterocycles. The minimum atomic E-state index is -0.918. The van der Waals surface area contributed by atoms with Crippen LogP contribution < -0.4 is 16.8 Å². The van der Waals surface area contributed by atoms with Crippen molar-refractivity contribution in [3.63, 3.8) is 0 Å². The summed E-state index contributed by atoms with van der Waals surface area (Å²) in [6, 6.07) is 6.12. The van der Waals surface area contributed by atoms with Crippen LogP contribution >= 0.6 is 11.6 Å². The quantitative estimate of drug-likeness (QED) is 0.729. The number of nitrogens with one attached hydrogen (secondary N) is 1. The molecule has 6 heteroatoms. The molecule has 0 spiro atoms. The minimum absolute atomic E-state index is 0.163. The molecule has 19 heavy (non-hydrogen) atoms. The first-order valence-electron chi connectivity index (χ1n) is 6.03. The number of amides is 2. The summed E-state index contributed by atoms with van der Waals surface area (Å²) in [6.07, 6.45) is 0.541. The Balaban J connectivity index is 2.69. The van der Waals surface area contributed by atoms with Crippen molar-refractivity contribution in [2.24, 2.45) is 11.5 Å². The largest absolute Gasteiger partial charge is 0.370 e. The van der Waals surface area contributed by atoms with E-state index < -0.39 is 11.9 Å². The molecule has 0 saturated carbocycles. The van der Waals surface area contributed by atoms with Crippen LogP contribution in [-0.2, 0) is 9.59 Å². The Kier molecular flexibility index (Phi) is 5.79. The van der Waals surface area contributed by atoms with E-state index in [1.54, 1.807) is 12.1 Å². The van der Waals surface area contributed by atoms with E-state index in [0.29, 0.717) is 11.4 Å². The summed E-state index contributed by atoms with van der Waals surface area (Å²) in [4.78, 5) is 22.5. The van der Waals surface area contributed by atoms with Crippen LogP contribution in [0.5, 0.6) is 0 Å². The number of rotatable bonds is 6. The molecule has 0 heterocycles. The van der Waals surface area contributed by atoms with Crippen LogP contribution in [0.4, 0.5) is 0 Å². The number of benzene rings is 1. The molecule has 0 bridgehead atoms. The SMILES string of the molecule is CCC(NC(=O)C(N)CC(N)=O)c1ccc(Cl)cc1. The maximum atomic E-state index is 11.8. The topological polar surface area (TPSA) is 98.2 Å². The molecule has 5 N–H and O–H groups in total. The van der Waals surface area contributed by atoms with Crippen LogP contribution in [0.15, 0.2) is 24.3 Å². The second-order valence-electron chi connectivity index (χ2n) is 4.30. The molecule has 1 aromatic carbocycles. The van der Waals surface area contributed by atoms with Gasteiger partial charge in [-0.2, -0.15) is 0 Å². The zero-order valence-electron chi connectivity index (χ0n) is 10.7. The fourth-order valence-electron chi connectivity index (χ4n) is 1.70. The molecule has 2 atom stereocenters. The van der Waals surface area contributed by atoms with Gasteiger partial charge in [-0.05, 0) is 24.1 Å². The van der Waals surface area contributed by atoms with Gasteiger partial charge in [0, 0.05) is 5.02 Å². The number of primary amides is 1. The maximum absolute atomic E-state index is 11.8. The lowest BCUT2D eigenvalue weighted by molar-refractivity contribution is -0.126. The van der Waals surface area contributed by atoms with E-state index in [1.807, 2.05) is 19.1 Å². The van der Waals surface area contributed by atoms with Crippen molar-refractivity contribution >= 4 is 23.4 Å². The average Bonchev–Trinajstić information content (AvgIpc) is 2.36. The summed E-state index contributed by atoms with van der Waals surface area (Å²) >= 11 is 5.81. The van der Waals surface area contributed by atoms with Gasteiger partial charge in [-0.25, -0.2) is 0 Å². The van der Waals surface area contributed by atoms with Crippen LogP contribution in [-0.4, -0.2) is 17.9 Å². The third kappa shape index (κ3) is 4.89. The van der Waals surface area contributed by atoms with E-state index in [1.165, 1.54) is 0 Å². The third-order valence-corrected chi connectivity index (χ3v) is 3.01. The van der Waals surface area contributed by atoms with Gasteiger partial charge in [0.25, 0.3) is 0 Å². The van der Waals surface area contributed by atoms with Gasteiger partial charge in [-0.3, -0.25) is 9.59 Å². The highest BCUT2D eigenvalue weighted by Gasteiger charge is 2.19. The second-order valence-corrected chi connectivity index (χ2v) is 4.73. The van der Waals surface area contributed by atoms with Crippen LogP contribution in [0.1, 0.15) is 31.4 Å². The van der Waals surface area contributed by atoms with Crippen LogP contribution in [0.3, 0.4) is 0 Å². The maximum Gasteiger partial charge on any atom is 0.237 e. The van der Waals surface area contributed by atoms with Gasteiger partial charge in [0.05, 0.1) is 18.5 Å². The smallest absolute Gasteiger partial charge is 0.237 e. The lowest BCUT2D eigenvalue weighted by atomic mass is 10.0. The van der Waals surface area contributed by atoms with E-state index in [4.69, 9.17) is 23.1 Å². The van der Waals surface area contributed by atoms with Gasteiger partial charge in [0.1, 0.15) is 0 Å². The first-order chi connectivity index (χ1) is 8.93. The molecule has 0 aliphatic rings. The standard InChI is InChI=1S/C13H18ClN3O2/c1-2-11(8-3-5-9(14)6-4-8)17-13(19)10(15)7-12(16)18/h3-6,10-11H,2,7,15H2,1H3,(H2,16,18)(H,17,19). The molecule has 0 aliphatic heterocycles. The van der Waals surface area contributed by atoms with E-state index >= 15 is 0 Å². The second kappa shape index (κ2) is 7.11. The van der Waals surface area contributed by atoms with Crippen LogP contribution in [0.25, 0.3) is 0 Å². The minimum Gasteiger partial charge on any atom is -0.370 e. The molecule has 104 valence electrons. The van der Waals surface area contributed by atoms with Gasteiger partial charge in [-0.1, -0.05) is 30.7 Å². The van der Waals surface area contributed by atoms with Gasteiger partial charge >= 0.3 is 0 Å². The van der Waals surface area contributed by atoms with Crippen molar-refractivity contribution in [1.82, 2.24) is 5.32 Å². The summed E-state index contributed by atoms with van der Waals surface area (Å²) in [7, 11) is 0. The van der Waals surface area contributed by atoms with Crippen molar-refractivity contribution in [3.8, 4) is 0 Å². The van der Waals surface area contributed by atoms with Gasteiger partial charge in [-0.15, -0.1) is 0 Å². The summed E-state index contributed by atoms with van der Waals surface area (Å²) in [6.45, 7) is 1.94. The summed E-state index contributed by atoms with van der Waals surface area (Å²) in [5.74, 6) is -0.984. The van der Waals surface area contributed by atoms with E-state index in [9.17, 15) is 9.59 Å². The van der Waals surface area contributed by atoms with Gasteiger partial charge in [0.15, 0.2) is 0 Å². The number of carbonyl (C=O) groups is 2.